The minimum absolute atomic E-state index is 0.622. The van der Waals surface area contributed by atoms with Gasteiger partial charge in [-0.1, -0.05) is 60.7 Å². The molecule has 0 aliphatic carbocycles. The van der Waals surface area contributed by atoms with E-state index < -0.39 is 0 Å². The van der Waals surface area contributed by atoms with Crippen LogP contribution >= 0.6 is 0 Å². The highest BCUT2D eigenvalue weighted by molar-refractivity contribution is 5.71. The van der Waals surface area contributed by atoms with E-state index >= 15 is 0 Å². The molecule has 0 spiro atoms. The molecule has 4 rings (SSSR count). The normalized spacial score (nSPS) is 10.3. The van der Waals surface area contributed by atoms with Crippen LogP contribution in [0, 0.1) is 11.3 Å². The second kappa shape index (κ2) is 6.96. The van der Waals surface area contributed by atoms with Crippen molar-refractivity contribution < 1.29 is 0 Å². The first-order valence-corrected chi connectivity index (χ1v) is 8.19. The van der Waals surface area contributed by atoms with Crippen LogP contribution in [-0.4, -0.2) is 15.0 Å². The second-order valence-corrected chi connectivity index (χ2v) is 5.77. The number of nitrogens with zero attached hydrogens (tertiary/aromatic N) is 4. The fraction of sp³-hybridized carbons (Fsp3) is 0. The van der Waals surface area contributed by atoms with Gasteiger partial charge in [0.1, 0.15) is 6.33 Å². The third kappa shape index (κ3) is 3.19. The number of aromatic nitrogens is 3. The monoisotopic (exact) mass is 334 g/mol. The highest BCUT2D eigenvalue weighted by Crippen LogP contribution is 2.26. The molecule has 26 heavy (non-hydrogen) atoms. The average molecular weight is 334 g/mol. The summed E-state index contributed by atoms with van der Waals surface area (Å²) in [6, 6.07) is 27.5. The highest BCUT2D eigenvalue weighted by atomic mass is 15.0. The molecule has 0 atom stereocenters. The van der Waals surface area contributed by atoms with Gasteiger partial charge in [-0.2, -0.15) is 5.26 Å². The van der Waals surface area contributed by atoms with Crippen molar-refractivity contribution in [2.24, 2.45) is 0 Å². The van der Waals surface area contributed by atoms with Gasteiger partial charge in [0.15, 0.2) is 11.6 Å². The molecule has 0 saturated carbocycles. The van der Waals surface area contributed by atoms with Crippen LogP contribution < -0.4 is 0 Å². The van der Waals surface area contributed by atoms with Crippen molar-refractivity contribution in [2.45, 2.75) is 0 Å². The molecule has 0 N–H and O–H groups in total. The second-order valence-electron chi connectivity index (χ2n) is 5.77. The van der Waals surface area contributed by atoms with Gasteiger partial charge in [0, 0.05) is 11.1 Å². The van der Waals surface area contributed by atoms with E-state index in [1.807, 2.05) is 72.8 Å². The molecule has 0 unspecified atom stereocenters. The lowest BCUT2D eigenvalue weighted by molar-refractivity contribution is 1.07. The molecule has 0 amide bonds. The van der Waals surface area contributed by atoms with E-state index in [-0.39, 0.29) is 0 Å². The van der Waals surface area contributed by atoms with Crippen molar-refractivity contribution in [3.63, 3.8) is 0 Å². The molecule has 4 nitrogen and oxygen atoms in total. The number of nitriles is 1. The number of rotatable bonds is 3. The maximum Gasteiger partial charge on any atom is 0.163 e. The van der Waals surface area contributed by atoms with Crippen LogP contribution in [0.2, 0.25) is 0 Å². The zero-order valence-corrected chi connectivity index (χ0v) is 13.9. The van der Waals surface area contributed by atoms with Crippen LogP contribution in [0.15, 0.2) is 85.2 Å². The summed E-state index contributed by atoms with van der Waals surface area (Å²) in [6.45, 7) is 0. The number of hydrogen-bond acceptors (Lipinski definition) is 4. The summed E-state index contributed by atoms with van der Waals surface area (Å²) >= 11 is 0. The van der Waals surface area contributed by atoms with Gasteiger partial charge in [-0.05, 0) is 29.3 Å². The number of hydrogen-bond donors (Lipinski definition) is 0. The fourth-order valence-corrected chi connectivity index (χ4v) is 2.77. The molecule has 0 radical (unpaired) electrons. The van der Waals surface area contributed by atoms with E-state index in [1.54, 1.807) is 6.07 Å². The smallest absolute Gasteiger partial charge is 0.163 e. The Morgan fingerprint density at radius 2 is 1.23 bits per heavy atom. The van der Waals surface area contributed by atoms with Gasteiger partial charge in [-0.25, -0.2) is 15.0 Å². The summed E-state index contributed by atoms with van der Waals surface area (Å²) in [5.41, 5.74) is 4.50. The van der Waals surface area contributed by atoms with E-state index in [4.69, 9.17) is 5.26 Å². The summed E-state index contributed by atoms with van der Waals surface area (Å²) in [5.74, 6) is 1.27. The molecule has 1 aromatic heterocycles. The molecule has 4 heteroatoms. The Morgan fingerprint density at radius 3 is 2.00 bits per heavy atom. The van der Waals surface area contributed by atoms with Gasteiger partial charge in [0.25, 0.3) is 0 Å². The maximum atomic E-state index is 9.10. The van der Waals surface area contributed by atoms with Gasteiger partial charge in [0.05, 0.1) is 11.6 Å². The molecular weight excluding hydrogens is 320 g/mol. The van der Waals surface area contributed by atoms with E-state index in [1.165, 1.54) is 6.33 Å². The van der Waals surface area contributed by atoms with Crippen molar-refractivity contribution in [3.8, 4) is 40.0 Å². The topological polar surface area (TPSA) is 62.5 Å². The van der Waals surface area contributed by atoms with E-state index in [0.717, 1.165) is 22.3 Å². The zero-order chi connectivity index (χ0) is 17.8. The Balaban J connectivity index is 1.74. The van der Waals surface area contributed by atoms with Crippen LogP contribution in [0.1, 0.15) is 5.56 Å². The molecule has 0 bridgehead atoms. The zero-order valence-electron chi connectivity index (χ0n) is 13.9. The number of benzene rings is 3. The van der Waals surface area contributed by atoms with Crippen molar-refractivity contribution in [3.05, 3.63) is 90.8 Å². The summed E-state index contributed by atoms with van der Waals surface area (Å²) in [4.78, 5) is 13.2. The quantitative estimate of drug-likeness (QED) is 0.542. The summed E-state index contributed by atoms with van der Waals surface area (Å²) < 4.78 is 0. The third-order valence-corrected chi connectivity index (χ3v) is 4.05. The molecule has 4 aromatic rings. The van der Waals surface area contributed by atoms with Crippen LogP contribution in [0.5, 0.6) is 0 Å². The van der Waals surface area contributed by atoms with Gasteiger partial charge in [-0.15, -0.1) is 0 Å². The summed E-state index contributed by atoms with van der Waals surface area (Å²) in [5, 5.41) is 9.10. The fourth-order valence-electron chi connectivity index (χ4n) is 2.77. The predicted octanol–water partition coefficient (Wildman–Crippen LogP) is 4.74. The Kier molecular flexibility index (Phi) is 4.19. The first-order chi connectivity index (χ1) is 12.8. The van der Waals surface area contributed by atoms with E-state index in [2.05, 4.69) is 21.0 Å². The van der Waals surface area contributed by atoms with Crippen LogP contribution in [0.25, 0.3) is 33.9 Å². The Bertz CT molecular complexity index is 1100. The Morgan fingerprint density at radius 1 is 0.615 bits per heavy atom. The van der Waals surface area contributed by atoms with E-state index in [9.17, 15) is 0 Å². The summed E-state index contributed by atoms with van der Waals surface area (Å²) in [7, 11) is 0. The molecule has 1 heterocycles. The molecule has 0 aliphatic rings. The Labute approximate surface area is 151 Å². The van der Waals surface area contributed by atoms with Crippen molar-refractivity contribution in [1.82, 2.24) is 15.0 Å². The minimum Gasteiger partial charge on any atom is -0.217 e. The lowest BCUT2D eigenvalue weighted by Crippen LogP contribution is -1.95. The van der Waals surface area contributed by atoms with E-state index in [0.29, 0.717) is 17.2 Å². The van der Waals surface area contributed by atoms with Gasteiger partial charge in [-0.3, -0.25) is 0 Å². The molecule has 0 fully saturated rings. The SMILES string of the molecule is N#Cc1cccc(-c2cccc(-c3ncnc(-c4ccccc4)n3)c2)c1. The predicted molar refractivity (Wildman–Crippen MR) is 101 cm³/mol. The molecule has 122 valence electrons. The minimum atomic E-state index is 0.622. The standard InChI is InChI=1S/C22H14N4/c23-14-16-6-4-9-18(12-16)19-10-5-11-20(13-19)22-25-15-24-21(26-22)17-7-2-1-3-8-17/h1-13,15H. The van der Waals surface area contributed by atoms with Crippen molar-refractivity contribution in [2.75, 3.05) is 0 Å². The average Bonchev–Trinajstić information content (AvgIpc) is 2.74. The lowest BCUT2D eigenvalue weighted by atomic mass is 10.0. The molecule has 0 saturated heterocycles. The highest BCUT2D eigenvalue weighted by Gasteiger charge is 2.07. The molecular formula is C22H14N4. The van der Waals surface area contributed by atoms with Gasteiger partial charge in [0.2, 0.25) is 0 Å². The van der Waals surface area contributed by atoms with Gasteiger partial charge < -0.3 is 0 Å². The van der Waals surface area contributed by atoms with Crippen LogP contribution in [0.3, 0.4) is 0 Å². The van der Waals surface area contributed by atoms with Crippen LogP contribution in [0.4, 0.5) is 0 Å². The van der Waals surface area contributed by atoms with Crippen LogP contribution in [-0.2, 0) is 0 Å². The Hall–Kier alpha value is -3.84. The third-order valence-electron chi connectivity index (χ3n) is 4.05. The van der Waals surface area contributed by atoms with Gasteiger partial charge >= 0.3 is 0 Å². The molecule has 0 aliphatic heterocycles. The summed E-state index contributed by atoms with van der Waals surface area (Å²) in [6.07, 6.45) is 1.54. The lowest BCUT2D eigenvalue weighted by Gasteiger charge is -2.06. The largest absolute Gasteiger partial charge is 0.217 e. The molecule has 3 aromatic carbocycles. The van der Waals surface area contributed by atoms with Crippen molar-refractivity contribution >= 4 is 0 Å². The van der Waals surface area contributed by atoms with Crippen molar-refractivity contribution in [1.29, 1.82) is 5.26 Å². The first kappa shape index (κ1) is 15.7. The first-order valence-electron chi connectivity index (χ1n) is 8.19. The maximum absolute atomic E-state index is 9.10.